The Balaban J connectivity index is 2.33. The summed E-state index contributed by atoms with van der Waals surface area (Å²) in [7, 11) is 2.83. The van der Waals surface area contributed by atoms with Crippen molar-refractivity contribution in [1.82, 2.24) is 0 Å². The number of methoxy groups -OCH3 is 2. The first-order chi connectivity index (χ1) is 10.1. The highest BCUT2D eigenvalue weighted by Crippen LogP contribution is 2.30. The summed E-state index contributed by atoms with van der Waals surface area (Å²) in [5, 5.41) is 0.478. The Labute approximate surface area is 127 Å². The van der Waals surface area contributed by atoms with E-state index < -0.39 is 5.82 Å². The first-order valence-corrected chi connectivity index (χ1v) is 6.62. The molecule has 0 fully saturated rings. The fraction of sp³-hybridized carbons (Fsp3) is 0.188. The predicted molar refractivity (Wildman–Crippen MR) is 79.0 cm³/mol. The second kappa shape index (κ2) is 6.59. The van der Waals surface area contributed by atoms with Gasteiger partial charge in [-0.1, -0.05) is 29.8 Å². The number of hydrogen-bond donors (Lipinski definition) is 0. The van der Waals surface area contributed by atoms with Crippen LogP contribution in [-0.4, -0.2) is 20.0 Å². The first-order valence-electron chi connectivity index (χ1n) is 6.25. The Kier molecular flexibility index (Phi) is 4.81. The largest absolute Gasteiger partial charge is 0.493 e. The predicted octanol–water partition coefficient (Wildman–Crippen LogP) is 3.92. The molecule has 0 N–H and O–H groups in total. The molecule has 110 valence electrons. The minimum atomic E-state index is -0.648. The lowest BCUT2D eigenvalue weighted by Crippen LogP contribution is -2.07. The molecule has 0 saturated heterocycles. The maximum Gasteiger partial charge on any atom is 0.170 e. The molecule has 3 nitrogen and oxygen atoms in total. The number of rotatable bonds is 5. The van der Waals surface area contributed by atoms with Crippen molar-refractivity contribution in [2.24, 2.45) is 0 Å². The molecule has 0 saturated carbocycles. The SMILES string of the molecule is COc1cc(F)c(C(=O)Cc2ccccc2Cl)cc1OC. The molecule has 0 bridgehead atoms. The summed E-state index contributed by atoms with van der Waals surface area (Å²) in [5.41, 5.74) is 0.603. The van der Waals surface area contributed by atoms with E-state index >= 15 is 0 Å². The molecule has 21 heavy (non-hydrogen) atoms. The van der Waals surface area contributed by atoms with Crippen LogP contribution in [0.25, 0.3) is 0 Å². The molecular weight excluding hydrogens is 295 g/mol. The molecule has 5 heteroatoms. The van der Waals surface area contributed by atoms with Crippen LogP contribution in [0.5, 0.6) is 11.5 Å². The van der Waals surface area contributed by atoms with E-state index in [9.17, 15) is 9.18 Å². The van der Waals surface area contributed by atoms with Gasteiger partial charge in [0.05, 0.1) is 19.8 Å². The molecule has 0 spiro atoms. The van der Waals surface area contributed by atoms with Gasteiger partial charge in [0.25, 0.3) is 0 Å². The van der Waals surface area contributed by atoms with Crippen LogP contribution in [-0.2, 0) is 6.42 Å². The molecule has 0 aliphatic heterocycles. The molecule has 2 aromatic rings. The van der Waals surface area contributed by atoms with Crippen LogP contribution in [0.4, 0.5) is 4.39 Å². The van der Waals surface area contributed by atoms with Gasteiger partial charge >= 0.3 is 0 Å². The lowest BCUT2D eigenvalue weighted by molar-refractivity contribution is 0.0988. The van der Waals surface area contributed by atoms with Crippen LogP contribution in [0.2, 0.25) is 5.02 Å². The van der Waals surface area contributed by atoms with Gasteiger partial charge in [0.1, 0.15) is 5.82 Å². The number of ketones is 1. The summed E-state index contributed by atoms with van der Waals surface area (Å²) in [5.74, 6) is -0.475. The zero-order chi connectivity index (χ0) is 15.4. The van der Waals surface area contributed by atoms with Crippen LogP contribution in [0.1, 0.15) is 15.9 Å². The smallest absolute Gasteiger partial charge is 0.170 e. The van der Waals surface area contributed by atoms with Crippen molar-refractivity contribution >= 4 is 17.4 Å². The lowest BCUT2D eigenvalue weighted by atomic mass is 10.0. The van der Waals surface area contributed by atoms with E-state index in [2.05, 4.69) is 0 Å². The average Bonchev–Trinajstić information content (AvgIpc) is 2.49. The third kappa shape index (κ3) is 3.34. The number of carbonyl (C=O) groups is 1. The van der Waals surface area contributed by atoms with Crippen molar-refractivity contribution < 1.29 is 18.7 Å². The molecule has 0 atom stereocenters. The maximum absolute atomic E-state index is 14.0. The van der Waals surface area contributed by atoms with Crippen LogP contribution in [0.3, 0.4) is 0 Å². The molecule has 0 amide bonds. The van der Waals surface area contributed by atoms with Crippen molar-refractivity contribution in [2.75, 3.05) is 14.2 Å². The van der Waals surface area contributed by atoms with Crippen molar-refractivity contribution in [3.05, 3.63) is 58.4 Å². The van der Waals surface area contributed by atoms with Crippen molar-refractivity contribution in [3.8, 4) is 11.5 Å². The van der Waals surface area contributed by atoms with Crippen LogP contribution < -0.4 is 9.47 Å². The second-order valence-electron chi connectivity index (χ2n) is 4.38. The number of Topliss-reactive ketones (excluding diaryl/α,β-unsaturated/α-hetero) is 1. The Hall–Kier alpha value is -2.07. The molecular formula is C16H14ClFO3. The Morgan fingerprint density at radius 3 is 2.38 bits per heavy atom. The normalized spacial score (nSPS) is 10.3. The highest BCUT2D eigenvalue weighted by atomic mass is 35.5. The summed E-state index contributed by atoms with van der Waals surface area (Å²) >= 11 is 6.01. The second-order valence-corrected chi connectivity index (χ2v) is 4.79. The van der Waals surface area contributed by atoms with Gasteiger partial charge < -0.3 is 9.47 Å². The fourth-order valence-corrected chi connectivity index (χ4v) is 2.18. The van der Waals surface area contributed by atoms with Crippen molar-refractivity contribution in [2.45, 2.75) is 6.42 Å². The van der Waals surface area contributed by atoms with Gasteiger partial charge in [0.15, 0.2) is 17.3 Å². The van der Waals surface area contributed by atoms with Gasteiger partial charge in [0, 0.05) is 17.5 Å². The number of ether oxygens (including phenoxy) is 2. The minimum absolute atomic E-state index is 0.0199. The van der Waals surface area contributed by atoms with Crippen LogP contribution >= 0.6 is 11.6 Å². The van der Waals surface area contributed by atoms with Gasteiger partial charge in [-0.3, -0.25) is 4.79 Å². The van der Waals surface area contributed by atoms with Gasteiger partial charge in [0.2, 0.25) is 0 Å². The molecule has 0 aliphatic carbocycles. The van der Waals surface area contributed by atoms with E-state index in [0.29, 0.717) is 16.3 Å². The monoisotopic (exact) mass is 308 g/mol. The van der Waals surface area contributed by atoms with E-state index in [4.69, 9.17) is 21.1 Å². The third-order valence-electron chi connectivity index (χ3n) is 3.08. The van der Waals surface area contributed by atoms with E-state index in [1.165, 1.54) is 20.3 Å². The topological polar surface area (TPSA) is 35.5 Å². The molecule has 2 rings (SSSR count). The molecule has 0 radical (unpaired) electrons. The number of benzene rings is 2. The zero-order valence-electron chi connectivity index (χ0n) is 11.7. The standard InChI is InChI=1S/C16H14ClFO3/c1-20-15-8-11(13(18)9-16(15)21-2)14(19)7-10-5-3-4-6-12(10)17/h3-6,8-9H,7H2,1-2H3. The van der Waals surface area contributed by atoms with E-state index in [-0.39, 0.29) is 23.5 Å². The Morgan fingerprint density at radius 2 is 1.76 bits per heavy atom. The van der Waals surface area contributed by atoms with Crippen molar-refractivity contribution in [1.29, 1.82) is 0 Å². The number of carbonyl (C=O) groups excluding carboxylic acids is 1. The van der Waals surface area contributed by atoms with E-state index in [1.54, 1.807) is 24.3 Å². The first kappa shape index (κ1) is 15.3. The number of halogens is 2. The molecule has 0 aromatic heterocycles. The van der Waals surface area contributed by atoms with Crippen LogP contribution in [0, 0.1) is 5.82 Å². The molecule has 0 heterocycles. The quantitative estimate of drug-likeness (QED) is 0.785. The molecule has 2 aromatic carbocycles. The Morgan fingerprint density at radius 1 is 1.14 bits per heavy atom. The van der Waals surface area contributed by atoms with E-state index in [0.717, 1.165) is 6.07 Å². The van der Waals surface area contributed by atoms with Crippen molar-refractivity contribution in [3.63, 3.8) is 0 Å². The minimum Gasteiger partial charge on any atom is -0.493 e. The summed E-state index contributed by atoms with van der Waals surface area (Å²) in [6.45, 7) is 0. The Bertz CT molecular complexity index is 671. The summed E-state index contributed by atoms with van der Waals surface area (Å²) < 4.78 is 24.1. The summed E-state index contributed by atoms with van der Waals surface area (Å²) in [6, 6.07) is 9.45. The highest BCUT2D eigenvalue weighted by molar-refractivity contribution is 6.31. The number of hydrogen-bond acceptors (Lipinski definition) is 3. The molecule has 0 unspecified atom stereocenters. The van der Waals surface area contributed by atoms with Crippen LogP contribution in [0.15, 0.2) is 36.4 Å². The van der Waals surface area contributed by atoms with Gasteiger partial charge in [-0.25, -0.2) is 4.39 Å². The van der Waals surface area contributed by atoms with Gasteiger partial charge in [-0.05, 0) is 17.7 Å². The lowest BCUT2D eigenvalue weighted by Gasteiger charge is -2.10. The van der Waals surface area contributed by atoms with E-state index in [1.807, 2.05) is 0 Å². The summed E-state index contributed by atoms with van der Waals surface area (Å²) in [4.78, 5) is 12.3. The third-order valence-corrected chi connectivity index (χ3v) is 3.45. The highest BCUT2D eigenvalue weighted by Gasteiger charge is 2.18. The fourth-order valence-electron chi connectivity index (χ4n) is 1.98. The van der Waals surface area contributed by atoms with Gasteiger partial charge in [-0.15, -0.1) is 0 Å². The molecule has 0 aliphatic rings. The average molecular weight is 309 g/mol. The summed E-state index contributed by atoms with van der Waals surface area (Å²) in [6.07, 6.45) is 0.0199. The maximum atomic E-state index is 14.0. The van der Waals surface area contributed by atoms with Gasteiger partial charge in [-0.2, -0.15) is 0 Å². The zero-order valence-corrected chi connectivity index (χ0v) is 12.4.